The van der Waals surface area contributed by atoms with Crippen LogP contribution in [0.25, 0.3) is 0 Å². The maximum atomic E-state index is 2.29. The number of hydrogen-bond acceptors (Lipinski definition) is 1. The number of nitrogens with zero attached hydrogens (tertiary/aromatic N) is 1. The Balaban J connectivity index is 2.47. The Bertz CT molecular complexity index is 298. The molecule has 1 unspecified atom stereocenters. The molecule has 0 N–H and O–H groups in total. The molecule has 1 nitrogen and oxygen atoms in total. The Morgan fingerprint density at radius 1 is 1.64 bits per heavy atom. The van der Waals surface area contributed by atoms with Gasteiger partial charge in [0.15, 0.2) is 12.3 Å². The second-order valence-corrected chi connectivity index (χ2v) is 4.11. The van der Waals surface area contributed by atoms with Crippen molar-refractivity contribution in [3.63, 3.8) is 0 Å². The van der Waals surface area contributed by atoms with Crippen molar-refractivity contribution in [1.29, 1.82) is 0 Å². The predicted molar refractivity (Wildman–Crippen MR) is 48.8 cm³/mol. The first-order valence-electron chi connectivity index (χ1n) is 3.90. The minimum atomic E-state index is 0.664. The molecule has 0 amide bonds. The maximum absolute atomic E-state index is 2.29. The average molecular weight is 166 g/mol. The molecule has 2 heteroatoms. The molecule has 0 fully saturated rings. The summed E-state index contributed by atoms with van der Waals surface area (Å²) < 4.78 is 2.29. The van der Waals surface area contributed by atoms with Crippen LogP contribution in [0.4, 0.5) is 0 Å². The monoisotopic (exact) mass is 166 g/mol. The summed E-state index contributed by atoms with van der Waals surface area (Å²) in [6.07, 6.45) is 3.44. The molecule has 58 valence electrons. The first-order chi connectivity index (χ1) is 5.27. The van der Waals surface area contributed by atoms with E-state index >= 15 is 0 Å². The summed E-state index contributed by atoms with van der Waals surface area (Å²) in [6, 6.07) is 2.90. The van der Waals surface area contributed by atoms with Gasteiger partial charge in [-0.1, -0.05) is 0 Å². The van der Waals surface area contributed by atoms with Crippen LogP contribution in [-0.2, 0) is 6.42 Å². The lowest BCUT2D eigenvalue weighted by molar-refractivity contribution is -0.530. The highest BCUT2D eigenvalue weighted by atomic mass is 32.1. The fraction of sp³-hybridized carbons (Fsp3) is 0.444. The van der Waals surface area contributed by atoms with E-state index in [1.807, 2.05) is 11.3 Å². The molecule has 2 rings (SSSR count). The van der Waals surface area contributed by atoms with Crippen molar-refractivity contribution in [2.24, 2.45) is 0 Å². The fourth-order valence-corrected chi connectivity index (χ4v) is 2.31. The van der Waals surface area contributed by atoms with E-state index in [1.54, 1.807) is 0 Å². The van der Waals surface area contributed by atoms with Crippen molar-refractivity contribution in [3.05, 3.63) is 21.9 Å². The van der Waals surface area contributed by atoms with E-state index in [2.05, 4.69) is 36.2 Å². The predicted octanol–water partition coefficient (Wildman–Crippen LogP) is 1.75. The second-order valence-electron chi connectivity index (χ2n) is 3.16. The first-order valence-corrected chi connectivity index (χ1v) is 4.78. The zero-order valence-corrected chi connectivity index (χ0v) is 7.69. The van der Waals surface area contributed by atoms with Gasteiger partial charge in [0, 0.05) is 6.42 Å². The first kappa shape index (κ1) is 7.04. The van der Waals surface area contributed by atoms with Gasteiger partial charge in [-0.25, -0.2) is 4.58 Å². The molecule has 1 aromatic rings. The van der Waals surface area contributed by atoms with Gasteiger partial charge in [-0.3, -0.25) is 0 Å². The Morgan fingerprint density at radius 2 is 2.45 bits per heavy atom. The highest BCUT2D eigenvalue weighted by Crippen LogP contribution is 2.20. The summed E-state index contributed by atoms with van der Waals surface area (Å²) >= 11 is 1.83. The van der Waals surface area contributed by atoms with Crippen molar-refractivity contribution in [3.8, 4) is 0 Å². The van der Waals surface area contributed by atoms with Gasteiger partial charge in [0.1, 0.15) is 7.05 Å². The minimum absolute atomic E-state index is 0.664. The smallest absolute Gasteiger partial charge is 0.181 e. The van der Waals surface area contributed by atoms with Gasteiger partial charge in [0.05, 0.1) is 4.88 Å². The SMILES string of the molecule is CC1Cc2ccsc2C=[N+]1C. The molecule has 2 heterocycles. The van der Waals surface area contributed by atoms with Crippen LogP contribution < -0.4 is 0 Å². The number of thiophene rings is 1. The lowest BCUT2D eigenvalue weighted by atomic mass is 10.1. The molecule has 1 aliphatic heterocycles. The molecule has 0 radical (unpaired) electrons. The van der Waals surface area contributed by atoms with E-state index < -0.39 is 0 Å². The summed E-state index contributed by atoms with van der Waals surface area (Å²) in [5, 5.41) is 2.17. The third-order valence-electron chi connectivity index (χ3n) is 2.31. The molecule has 0 aliphatic carbocycles. The summed E-state index contributed by atoms with van der Waals surface area (Å²) in [6.45, 7) is 2.26. The van der Waals surface area contributed by atoms with Gasteiger partial charge in [-0.05, 0) is 23.9 Å². The van der Waals surface area contributed by atoms with Crippen molar-refractivity contribution in [2.45, 2.75) is 19.4 Å². The average Bonchev–Trinajstić information content (AvgIpc) is 2.36. The fourth-order valence-electron chi connectivity index (χ4n) is 1.40. The molecule has 1 aliphatic rings. The van der Waals surface area contributed by atoms with E-state index in [0.29, 0.717) is 6.04 Å². The van der Waals surface area contributed by atoms with Gasteiger partial charge in [0.25, 0.3) is 0 Å². The van der Waals surface area contributed by atoms with Gasteiger partial charge in [-0.15, -0.1) is 11.3 Å². The zero-order chi connectivity index (χ0) is 7.84. The number of fused-ring (bicyclic) bond motifs is 1. The largest absolute Gasteiger partial charge is 0.235 e. The summed E-state index contributed by atoms with van der Waals surface area (Å²) in [7, 11) is 2.15. The third kappa shape index (κ3) is 1.11. The molecule has 0 saturated carbocycles. The van der Waals surface area contributed by atoms with Crippen LogP contribution in [0.5, 0.6) is 0 Å². The highest BCUT2D eigenvalue weighted by molar-refractivity contribution is 7.11. The van der Waals surface area contributed by atoms with E-state index in [4.69, 9.17) is 0 Å². The molecule has 11 heavy (non-hydrogen) atoms. The van der Waals surface area contributed by atoms with Gasteiger partial charge < -0.3 is 0 Å². The number of likely N-dealkylation sites (N-methyl/N-ethyl adjacent to an activating group) is 1. The minimum Gasteiger partial charge on any atom is -0.235 e. The highest BCUT2D eigenvalue weighted by Gasteiger charge is 2.20. The quantitative estimate of drug-likeness (QED) is 0.517. The van der Waals surface area contributed by atoms with Crippen LogP contribution in [0, 0.1) is 0 Å². The summed E-state index contributed by atoms with van der Waals surface area (Å²) in [5.41, 5.74) is 1.51. The lowest BCUT2D eigenvalue weighted by Crippen LogP contribution is -2.26. The van der Waals surface area contributed by atoms with Gasteiger partial charge in [0.2, 0.25) is 0 Å². The van der Waals surface area contributed by atoms with Crippen molar-refractivity contribution in [1.82, 2.24) is 0 Å². The van der Waals surface area contributed by atoms with Crippen molar-refractivity contribution < 1.29 is 4.58 Å². The maximum Gasteiger partial charge on any atom is 0.181 e. The van der Waals surface area contributed by atoms with Gasteiger partial charge >= 0.3 is 0 Å². The Labute approximate surface area is 71.0 Å². The van der Waals surface area contributed by atoms with Crippen molar-refractivity contribution >= 4 is 17.6 Å². The van der Waals surface area contributed by atoms with E-state index in [-0.39, 0.29) is 0 Å². The molecule has 1 aromatic heterocycles. The van der Waals surface area contributed by atoms with Crippen LogP contribution in [0.1, 0.15) is 17.4 Å². The van der Waals surface area contributed by atoms with Crippen molar-refractivity contribution in [2.75, 3.05) is 7.05 Å². The van der Waals surface area contributed by atoms with Gasteiger partial charge in [-0.2, -0.15) is 0 Å². The summed E-state index contributed by atoms with van der Waals surface area (Å²) in [5.74, 6) is 0. The zero-order valence-electron chi connectivity index (χ0n) is 6.87. The molecule has 0 aromatic carbocycles. The topological polar surface area (TPSA) is 3.01 Å². The lowest BCUT2D eigenvalue weighted by Gasteiger charge is -2.11. The Kier molecular flexibility index (Phi) is 1.57. The third-order valence-corrected chi connectivity index (χ3v) is 3.21. The van der Waals surface area contributed by atoms with E-state index in [1.165, 1.54) is 16.9 Å². The van der Waals surface area contributed by atoms with Crippen LogP contribution in [-0.4, -0.2) is 23.9 Å². The standard InChI is InChI=1S/C9H12NS/c1-7-5-8-3-4-11-9(8)6-10(7)2/h3-4,6-7H,5H2,1-2H3/q+1. The molecular formula is C9H12NS+. The Morgan fingerprint density at radius 3 is 3.27 bits per heavy atom. The molecule has 0 spiro atoms. The van der Waals surface area contributed by atoms with E-state index in [0.717, 1.165) is 0 Å². The van der Waals surface area contributed by atoms with E-state index in [9.17, 15) is 0 Å². The Hall–Kier alpha value is -0.630. The molecule has 0 bridgehead atoms. The number of rotatable bonds is 0. The van der Waals surface area contributed by atoms with Crippen LogP contribution in [0.2, 0.25) is 0 Å². The van der Waals surface area contributed by atoms with Crippen LogP contribution in [0.3, 0.4) is 0 Å². The molecular weight excluding hydrogens is 154 g/mol. The second kappa shape index (κ2) is 2.45. The summed E-state index contributed by atoms with van der Waals surface area (Å²) in [4.78, 5) is 1.44. The number of hydrogen-bond donors (Lipinski definition) is 0. The molecule has 0 saturated heterocycles. The van der Waals surface area contributed by atoms with Crippen LogP contribution >= 0.6 is 11.3 Å². The van der Waals surface area contributed by atoms with Crippen LogP contribution in [0.15, 0.2) is 11.4 Å². The normalized spacial score (nSPS) is 22.7. The molecule has 1 atom stereocenters.